The van der Waals surface area contributed by atoms with Gasteiger partial charge in [-0.1, -0.05) is 52.0 Å². The van der Waals surface area contributed by atoms with Crippen molar-refractivity contribution in [2.24, 2.45) is 0 Å². The highest BCUT2D eigenvalue weighted by Crippen LogP contribution is 2.38. The fraction of sp³-hybridized carbons (Fsp3) is 0.467. The molecule has 0 radical (unpaired) electrons. The van der Waals surface area contributed by atoms with Gasteiger partial charge in [-0.15, -0.1) is 0 Å². The molecule has 0 bridgehead atoms. The predicted octanol–water partition coefficient (Wildman–Crippen LogP) is 4.47. The van der Waals surface area contributed by atoms with E-state index in [9.17, 15) is 29.0 Å². The van der Waals surface area contributed by atoms with E-state index in [1.807, 2.05) is 27.7 Å². The monoisotopic (exact) mass is 540 g/mol. The number of ether oxygens (including phenoxy) is 1. The first-order valence-electron chi connectivity index (χ1n) is 13.2. The van der Waals surface area contributed by atoms with Crippen LogP contribution in [0.2, 0.25) is 0 Å². The second-order valence-corrected chi connectivity index (χ2v) is 10.4. The van der Waals surface area contributed by atoms with Crippen LogP contribution in [0.15, 0.2) is 30.3 Å². The number of esters is 1. The number of aromatic nitrogens is 1. The predicted molar refractivity (Wildman–Crippen MR) is 145 cm³/mol. The number of aliphatic hydroxyl groups is 2. The number of methoxy groups -OCH3 is 1. The van der Waals surface area contributed by atoms with Gasteiger partial charge in [0.05, 0.1) is 38.0 Å². The van der Waals surface area contributed by atoms with Crippen LogP contribution in [-0.4, -0.2) is 57.2 Å². The minimum absolute atomic E-state index is 0.0322. The molecule has 1 saturated heterocycles. The number of pyridine rings is 1. The number of hydrogen-bond donors (Lipinski definition) is 2. The topological polar surface area (TPSA) is 117 Å². The maximum atomic E-state index is 13.9. The summed E-state index contributed by atoms with van der Waals surface area (Å²) in [6.07, 6.45) is 1.03. The molecule has 2 aromatic rings. The molecule has 1 fully saturated rings. The highest BCUT2D eigenvalue weighted by atomic mass is 19.1. The largest absolute Gasteiger partial charge is 0.469 e. The summed E-state index contributed by atoms with van der Waals surface area (Å²) < 4.78 is 18.5. The smallest absolute Gasteiger partial charge is 0.308 e. The van der Waals surface area contributed by atoms with Gasteiger partial charge >= 0.3 is 5.97 Å². The molecule has 39 heavy (non-hydrogen) atoms. The van der Waals surface area contributed by atoms with E-state index in [1.54, 1.807) is 18.2 Å². The number of imide groups is 1. The van der Waals surface area contributed by atoms with Crippen LogP contribution in [-0.2, 0) is 25.7 Å². The van der Waals surface area contributed by atoms with E-state index in [0.29, 0.717) is 22.3 Å². The first-order chi connectivity index (χ1) is 18.4. The number of amides is 2. The van der Waals surface area contributed by atoms with Crippen molar-refractivity contribution in [3.8, 4) is 11.1 Å². The van der Waals surface area contributed by atoms with Crippen LogP contribution in [0.25, 0.3) is 17.2 Å². The number of halogens is 1. The average Bonchev–Trinajstić information content (AvgIpc) is 3.19. The van der Waals surface area contributed by atoms with Gasteiger partial charge in [-0.2, -0.15) is 0 Å². The third kappa shape index (κ3) is 7.36. The second-order valence-electron chi connectivity index (χ2n) is 10.4. The van der Waals surface area contributed by atoms with Crippen LogP contribution in [0.5, 0.6) is 0 Å². The first kappa shape index (κ1) is 30.1. The van der Waals surface area contributed by atoms with Crippen molar-refractivity contribution in [3.63, 3.8) is 0 Å². The maximum absolute atomic E-state index is 13.9. The normalized spacial score (nSPS) is 15.6. The molecule has 9 heteroatoms. The molecule has 3 rings (SSSR count). The van der Waals surface area contributed by atoms with Gasteiger partial charge < -0.3 is 14.9 Å². The molecular weight excluding hydrogens is 503 g/mol. The molecular formula is C30H37FN2O6. The van der Waals surface area contributed by atoms with Crippen molar-refractivity contribution in [3.05, 3.63) is 58.7 Å². The quantitative estimate of drug-likeness (QED) is 0.319. The number of carbonyl (C=O) groups is 3. The Balaban J connectivity index is 2.20. The number of likely N-dealkylation sites (tertiary alicyclic amines) is 1. The molecule has 1 aliphatic heterocycles. The van der Waals surface area contributed by atoms with Crippen LogP contribution in [0.4, 0.5) is 4.39 Å². The van der Waals surface area contributed by atoms with Gasteiger partial charge in [0, 0.05) is 36.1 Å². The van der Waals surface area contributed by atoms with E-state index in [1.165, 1.54) is 30.2 Å². The molecule has 2 unspecified atom stereocenters. The van der Waals surface area contributed by atoms with E-state index in [2.05, 4.69) is 4.74 Å². The van der Waals surface area contributed by atoms with E-state index in [-0.39, 0.29) is 55.9 Å². The van der Waals surface area contributed by atoms with Crippen molar-refractivity contribution in [2.45, 2.75) is 84.0 Å². The minimum Gasteiger partial charge on any atom is -0.469 e. The van der Waals surface area contributed by atoms with Crippen LogP contribution < -0.4 is 0 Å². The Kier molecular flexibility index (Phi) is 10.1. The molecule has 0 aliphatic carbocycles. The van der Waals surface area contributed by atoms with Crippen LogP contribution in [0.3, 0.4) is 0 Å². The number of hydrogen-bond acceptors (Lipinski definition) is 7. The zero-order valence-corrected chi connectivity index (χ0v) is 23.1. The van der Waals surface area contributed by atoms with E-state index in [4.69, 9.17) is 4.98 Å². The van der Waals surface area contributed by atoms with Crippen molar-refractivity contribution < 1.29 is 33.7 Å². The summed E-state index contributed by atoms with van der Waals surface area (Å²) in [7, 11) is 1.23. The lowest BCUT2D eigenvalue weighted by Crippen LogP contribution is -2.30. The van der Waals surface area contributed by atoms with Gasteiger partial charge in [0.1, 0.15) is 5.82 Å². The van der Waals surface area contributed by atoms with Gasteiger partial charge in [-0.25, -0.2) is 4.39 Å². The van der Waals surface area contributed by atoms with Gasteiger partial charge in [0.2, 0.25) is 11.8 Å². The Hall–Kier alpha value is -3.43. The van der Waals surface area contributed by atoms with E-state index < -0.39 is 24.0 Å². The Bertz CT molecular complexity index is 1220. The van der Waals surface area contributed by atoms with Gasteiger partial charge in [-0.05, 0) is 35.1 Å². The van der Waals surface area contributed by atoms with Crippen molar-refractivity contribution in [1.29, 1.82) is 0 Å². The summed E-state index contributed by atoms with van der Waals surface area (Å²) in [5.74, 6) is -1.56. The maximum Gasteiger partial charge on any atom is 0.308 e. The Morgan fingerprint density at radius 1 is 1.05 bits per heavy atom. The summed E-state index contributed by atoms with van der Waals surface area (Å²) >= 11 is 0. The highest BCUT2D eigenvalue weighted by molar-refractivity contribution is 6.02. The molecule has 8 nitrogen and oxygen atoms in total. The molecule has 0 spiro atoms. The molecule has 2 heterocycles. The summed E-state index contributed by atoms with van der Waals surface area (Å²) in [6.45, 7) is 7.98. The summed E-state index contributed by atoms with van der Waals surface area (Å²) in [4.78, 5) is 42.8. The number of carbonyl (C=O) groups excluding carboxylic acids is 3. The Morgan fingerprint density at radius 2 is 1.64 bits per heavy atom. The zero-order valence-electron chi connectivity index (χ0n) is 23.1. The highest BCUT2D eigenvalue weighted by Gasteiger charge is 2.32. The molecule has 1 aromatic carbocycles. The van der Waals surface area contributed by atoms with Crippen molar-refractivity contribution in [2.75, 3.05) is 7.11 Å². The van der Waals surface area contributed by atoms with Gasteiger partial charge in [0.15, 0.2) is 0 Å². The Labute approximate surface area is 228 Å². The lowest BCUT2D eigenvalue weighted by atomic mass is 9.86. The third-order valence-electron chi connectivity index (χ3n) is 6.72. The molecule has 2 atom stereocenters. The molecule has 2 amide bonds. The van der Waals surface area contributed by atoms with Gasteiger partial charge in [0.25, 0.3) is 0 Å². The fourth-order valence-corrected chi connectivity index (χ4v) is 4.75. The van der Waals surface area contributed by atoms with Gasteiger partial charge in [-0.3, -0.25) is 24.3 Å². The Morgan fingerprint density at radius 3 is 2.18 bits per heavy atom. The number of aliphatic hydroxyl groups excluding tert-OH is 2. The van der Waals surface area contributed by atoms with Crippen molar-refractivity contribution in [1.82, 2.24) is 9.88 Å². The lowest BCUT2D eigenvalue weighted by molar-refractivity contribution is -0.143. The number of nitrogens with zero attached hydrogens (tertiary/aromatic N) is 2. The SMILES string of the molecule is COC(=O)CC(O)CC(O)C=Cc1c(C(C)C)nc(C(C)C)c(CN2C(=O)CCC2=O)c1-c1ccc(F)cc1. The lowest BCUT2D eigenvalue weighted by Gasteiger charge is -2.26. The van der Waals surface area contributed by atoms with Crippen LogP contribution in [0.1, 0.15) is 87.7 Å². The number of rotatable bonds is 11. The fourth-order valence-electron chi connectivity index (χ4n) is 4.75. The summed E-state index contributed by atoms with van der Waals surface area (Å²) in [6, 6.07) is 5.98. The molecule has 1 aromatic heterocycles. The summed E-state index contributed by atoms with van der Waals surface area (Å²) in [5.41, 5.74) is 4.19. The molecule has 0 saturated carbocycles. The average molecular weight is 541 g/mol. The van der Waals surface area contributed by atoms with E-state index in [0.717, 1.165) is 11.4 Å². The zero-order chi connectivity index (χ0) is 28.9. The summed E-state index contributed by atoms with van der Waals surface area (Å²) in [5, 5.41) is 20.8. The van der Waals surface area contributed by atoms with Crippen LogP contribution >= 0.6 is 0 Å². The third-order valence-corrected chi connectivity index (χ3v) is 6.72. The van der Waals surface area contributed by atoms with E-state index >= 15 is 0 Å². The first-order valence-corrected chi connectivity index (χ1v) is 13.2. The standard InChI is InChI=1S/C30H37FN2O6/c1-17(2)29-23(11-10-21(34)14-22(35)15-27(38)39-5)28(19-6-8-20(31)9-7-19)24(30(32-29)18(3)4)16-33-25(36)12-13-26(33)37/h6-11,17-18,21-22,34-35H,12-16H2,1-5H3. The minimum atomic E-state index is -1.09. The number of benzene rings is 1. The molecule has 2 N–H and O–H groups in total. The molecule has 210 valence electrons. The molecule has 1 aliphatic rings. The van der Waals surface area contributed by atoms with Crippen molar-refractivity contribution >= 4 is 23.9 Å². The van der Waals surface area contributed by atoms with Crippen LogP contribution in [0, 0.1) is 5.82 Å². The second kappa shape index (κ2) is 13.1.